The lowest BCUT2D eigenvalue weighted by atomic mass is 10.2. The molecule has 0 saturated carbocycles. The fourth-order valence-electron chi connectivity index (χ4n) is 2.49. The van der Waals surface area contributed by atoms with Crippen LogP contribution in [0.4, 0.5) is 5.82 Å². The van der Waals surface area contributed by atoms with Gasteiger partial charge >= 0.3 is 5.97 Å². The van der Waals surface area contributed by atoms with Gasteiger partial charge in [0.2, 0.25) is 0 Å². The summed E-state index contributed by atoms with van der Waals surface area (Å²) < 4.78 is 0. The Morgan fingerprint density at radius 1 is 1.68 bits per heavy atom. The van der Waals surface area contributed by atoms with Crippen LogP contribution in [0.5, 0.6) is 0 Å². The number of carbonyl (C=O) groups is 1. The van der Waals surface area contributed by atoms with Crippen LogP contribution in [-0.2, 0) is 0 Å². The molecule has 6 heteroatoms. The Hall–Kier alpha value is -1.33. The first-order valence-corrected chi connectivity index (χ1v) is 6.87. The van der Waals surface area contributed by atoms with Gasteiger partial charge in [0.15, 0.2) is 0 Å². The van der Waals surface area contributed by atoms with E-state index in [1.165, 1.54) is 18.7 Å². The van der Waals surface area contributed by atoms with E-state index in [4.69, 9.17) is 16.7 Å². The summed E-state index contributed by atoms with van der Waals surface area (Å²) in [6.45, 7) is 5.04. The Bertz CT molecular complexity index is 467. The van der Waals surface area contributed by atoms with Crippen LogP contribution in [0.3, 0.4) is 0 Å². The highest BCUT2D eigenvalue weighted by atomic mass is 35.5. The minimum atomic E-state index is -1.04. The van der Waals surface area contributed by atoms with Crippen molar-refractivity contribution in [3.8, 4) is 0 Å². The standard InChI is InChI=1S/C13H18ClN3O2/c1-2-17-7-3-4-9(17)8-16-12-11(14)10(13(18)19)5-6-15-12/h5-6,9H,2-4,7-8H2,1H3,(H,15,16)(H,18,19). The first kappa shape index (κ1) is 14.1. The zero-order valence-electron chi connectivity index (χ0n) is 10.9. The maximum atomic E-state index is 11.0. The van der Waals surface area contributed by atoms with Gasteiger partial charge in [-0.25, -0.2) is 9.78 Å². The normalized spacial score (nSPS) is 19.6. The second-order valence-corrected chi connectivity index (χ2v) is 5.01. The molecule has 1 unspecified atom stereocenters. The molecule has 19 heavy (non-hydrogen) atoms. The summed E-state index contributed by atoms with van der Waals surface area (Å²) in [5.74, 6) is -0.587. The Balaban J connectivity index is 2.03. The van der Waals surface area contributed by atoms with Crippen molar-refractivity contribution < 1.29 is 9.90 Å². The number of nitrogens with one attached hydrogen (secondary N) is 1. The molecule has 5 nitrogen and oxygen atoms in total. The van der Waals surface area contributed by atoms with Crippen LogP contribution in [0.1, 0.15) is 30.1 Å². The van der Waals surface area contributed by atoms with Crippen LogP contribution in [0.25, 0.3) is 0 Å². The maximum Gasteiger partial charge on any atom is 0.337 e. The maximum absolute atomic E-state index is 11.0. The number of likely N-dealkylation sites (N-methyl/N-ethyl adjacent to an activating group) is 1. The zero-order chi connectivity index (χ0) is 13.8. The van der Waals surface area contributed by atoms with Gasteiger partial charge in [0.05, 0.1) is 10.6 Å². The molecule has 0 aliphatic carbocycles. The van der Waals surface area contributed by atoms with Crippen molar-refractivity contribution in [2.45, 2.75) is 25.8 Å². The number of aromatic carboxylic acids is 1. The summed E-state index contributed by atoms with van der Waals surface area (Å²) in [5, 5.41) is 12.3. The monoisotopic (exact) mass is 283 g/mol. The molecule has 104 valence electrons. The summed E-state index contributed by atoms with van der Waals surface area (Å²) in [6.07, 6.45) is 3.82. The van der Waals surface area contributed by atoms with E-state index in [-0.39, 0.29) is 10.6 Å². The van der Waals surface area contributed by atoms with Gasteiger partial charge in [0, 0.05) is 18.8 Å². The molecule has 2 heterocycles. The van der Waals surface area contributed by atoms with E-state index in [0.717, 1.165) is 26.1 Å². The van der Waals surface area contributed by atoms with Gasteiger partial charge in [0.25, 0.3) is 0 Å². The number of hydrogen-bond donors (Lipinski definition) is 2. The zero-order valence-corrected chi connectivity index (χ0v) is 11.7. The topological polar surface area (TPSA) is 65.5 Å². The number of halogens is 1. The third kappa shape index (κ3) is 3.16. The van der Waals surface area contributed by atoms with Gasteiger partial charge < -0.3 is 10.4 Å². The van der Waals surface area contributed by atoms with Crippen molar-refractivity contribution in [2.24, 2.45) is 0 Å². The first-order chi connectivity index (χ1) is 9.13. The van der Waals surface area contributed by atoms with Crippen molar-refractivity contribution in [1.29, 1.82) is 0 Å². The number of rotatable bonds is 5. The summed E-state index contributed by atoms with van der Waals surface area (Å²) in [6, 6.07) is 1.88. The number of pyridine rings is 1. The number of nitrogens with zero attached hydrogens (tertiary/aromatic N) is 2. The highest BCUT2D eigenvalue weighted by Gasteiger charge is 2.23. The molecule has 1 aliphatic rings. The lowest BCUT2D eigenvalue weighted by molar-refractivity contribution is 0.0697. The molecule has 0 bridgehead atoms. The van der Waals surface area contributed by atoms with Crippen molar-refractivity contribution in [3.05, 3.63) is 22.8 Å². The fraction of sp³-hybridized carbons (Fsp3) is 0.538. The highest BCUT2D eigenvalue weighted by molar-refractivity contribution is 6.35. The van der Waals surface area contributed by atoms with Crippen LogP contribution in [0, 0.1) is 0 Å². The molecule has 1 fully saturated rings. The van der Waals surface area contributed by atoms with Gasteiger partial charge in [-0.05, 0) is 32.0 Å². The molecule has 1 saturated heterocycles. The number of likely N-dealkylation sites (tertiary alicyclic amines) is 1. The van der Waals surface area contributed by atoms with Crippen LogP contribution in [0.15, 0.2) is 12.3 Å². The Morgan fingerprint density at radius 3 is 3.16 bits per heavy atom. The summed E-state index contributed by atoms with van der Waals surface area (Å²) in [7, 11) is 0. The van der Waals surface area contributed by atoms with Crippen molar-refractivity contribution in [1.82, 2.24) is 9.88 Å². The van der Waals surface area contributed by atoms with Crippen molar-refractivity contribution in [2.75, 3.05) is 25.0 Å². The molecule has 0 radical (unpaired) electrons. The quantitative estimate of drug-likeness (QED) is 0.868. The van der Waals surface area contributed by atoms with Crippen LogP contribution < -0.4 is 5.32 Å². The molecule has 1 aliphatic heterocycles. The molecular weight excluding hydrogens is 266 g/mol. The first-order valence-electron chi connectivity index (χ1n) is 6.49. The van der Waals surface area contributed by atoms with Gasteiger partial charge in [-0.3, -0.25) is 4.90 Å². The third-order valence-electron chi connectivity index (χ3n) is 3.53. The van der Waals surface area contributed by atoms with Gasteiger partial charge in [0.1, 0.15) is 5.82 Å². The SMILES string of the molecule is CCN1CCCC1CNc1nccc(C(=O)O)c1Cl. The highest BCUT2D eigenvalue weighted by Crippen LogP contribution is 2.24. The molecule has 0 spiro atoms. The minimum absolute atomic E-state index is 0.0814. The largest absolute Gasteiger partial charge is 0.478 e. The second kappa shape index (κ2) is 6.21. The van der Waals surface area contributed by atoms with E-state index >= 15 is 0 Å². The average molecular weight is 284 g/mol. The molecular formula is C13H18ClN3O2. The van der Waals surface area contributed by atoms with Crippen molar-refractivity contribution in [3.63, 3.8) is 0 Å². The van der Waals surface area contributed by atoms with E-state index in [2.05, 4.69) is 22.1 Å². The van der Waals surface area contributed by atoms with E-state index in [1.54, 1.807) is 0 Å². The Kier molecular flexibility index (Phi) is 4.61. The number of carboxylic acids is 1. The summed E-state index contributed by atoms with van der Waals surface area (Å²) >= 11 is 6.04. The van der Waals surface area contributed by atoms with E-state index in [9.17, 15) is 4.79 Å². The molecule has 2 rings (SSSR count). The predicted octanol–water partition coefficient (Wildman–Crippen LogP) is 2.33. The minimum Gasteiger partial charge on any atom is -0.478 e. The summed E-state index contributed by atoms with van der Waals surface area (Å²) in [5.41, 5.74) is 0.0814. The number of hydrogen-bond acceptors (Lipinski definition) is 4. The summed E-state index contributed by atoms with van der Waals surface area (Å²) in [4.78, 5) is 17.5. The third-order valence-corrected chi connectivity index (χ3v) is 3.91. The van der Waals surface area contributed by atoms with E-state index in [0.29, 0.717) is 11.9 Å². The Labute approximate surface area is 117 Å². The van der Waals surface area contributed by atoms with Crippen LogP contribution in [-0.4, -0.2) is 46.6 Å². The van der Waals surface area contributed by atoms with Crippen LogP contribution >= 0.6 is 11.6 Å². The van der Waals surface area contributed by atoms with E-state index in [1.807, 2.05) is 0 Å². The molecule has 1 aromatic rings. The van der Waals surface area contributed by atoms with Gasteiger partial charge in [-0.15, -0.1) is 0 Å². The molecule has 1 atom stereocenters. The predicted molar refractivity (Wildman–Crippen MR) is 75.0 cm³/mol. The number of aromatic nitrogens is 1. The van der Waals surface area contributed by atoms with Crippen molar-refractivity contribution >= 4 is 23.4 Å². The van der Waals surface area contributed by atoms with Crippen LogP contribution in [0.2, 0.25) is 5.02 Å². The molecule has 0 amide bonds. The lowest BCUT2D eigenvalue weighted by Gasteiger charge is -2.23. The smallest absolute Gasteiger partial charge is 0.337 e. The lowest BCUT2D eigenvalue weighted by Crippen LogP contribution is -2.34. The Morgan fingerprint density at radius 2 is 2.47 bits per heavy atom. The number of carboxylic acid groups (broad SMARTS) is 1. The van der Waals surface area contributed by atoms with E-state index < -0.39 is 5.97 Å². The molecule has 0 aromatic carbocycles. The number of anilines is 1. The fourth-order valence-corrected chi connectivity index (χ4v) is 2.75. The second-order valence-electron chi connectivity index (χ2n) is 4.63. The molecule has 1 aromatic heterocycles. The van der Waals surface area contributed by atoms with Gasteiger partial charge in [-0.2, -0.15) is 0 Å². The average Bonchev–Trinajstić information content (AvgIpc) is 2.84. The van der Waals surface area contributed by atoms with Gasteiger partial charge in [-0.1, -0.05) is 18.5 Å². The molecule has 2 N–H and O–H groups in total.